The van der Waals surface area contributed by atoms with Gasteiger partial charge in [-0.25, -0.2) is 0 Å². The van der Waals surface area contributed by atoms with Crippen molar-refractivity contribution in [3.63, 3.8) is 0 Å². The zero-order valence-electron chi connectivity index (χ0n) is 12.4. The van der Waals surface area contributed by atoms with E-state index in [-0.39, 0.29) is 6.04 Å². The van der Waals surface area contributed by atoms with Gasteiger partial charge in [-0.3, -0.25) is 0 Å². The lowest BCUT2D eigenvalue weighted by Crippen LogP contribution is -2.57. The van der Waals surface area contributed by atoms with Crippen LogP contribution in [0.4, 0.5) is 0 Å². The van der Waals surface area contributed by atoms with Crippen molar-refractivity contribution in [1.29, 1.82) is 5.26 Å². The van der Waals surface area contributed by atoms with Gasteiger partial charge in [0.15, 0.2) is 0 Å². The summed E-state index contributed by atoms with van der Waals surface area (Å²) < 4.78 is 0. The second-order valence-electron chi connectivity index (χ2n) is 5.80. The molecule has 0 saturated heterocycles. The maximum absolute atomic E-state index is 9.13. The number of nitriles is 1. The molecule has 1 aliphatic carbocycles. The normalized spacial score (nSPS) is 19.6. The first-order valence-electron chi connectivity index (χ1n) is 7.03. The summed E-state index contributed by atoms with van der Waals surface area (Å²) in [6.07, 6.45) is 4.97. The number of rotatable bonds is 8. The molecule has 0 aromatic rings. The average Bonchev–Trinajstić information content (AvgIpc) is 2.28. The minimum atomic E-state index is -0.0470. The van der Waals surface area contributed by atoms with Gasteiger partial charge in [-0.1, -0.05) is 6.92 Å². The number of likely N-dealkylation sites (N-methyl/N-ethyl adjacent to an activating group) is 2. The average molecular weight is 252 g/mol. The molecule has 4 heteroatoms. The van der Waals surface area contributed by atoms with Crippen LogP contribution in [0, 0.1) is 11.3 Å². The maximum atomic E-state index is 9.13. The molecule has 0 radical (unpaired) electrons. The molecule has 1 N–H and O–H groups in total. The molecule has 4 nitrogen and oxygen atoms in total. The summed E-state index contributed by atoms with van der Waals surface area (Å²) in [4.78, 5) is 4.66. The standard InChI is InChI=1S/C14H28N4/c1-5-9-16-13(10-15)11-18(4)12-14(17(2)3)7-6-8-14/h13,16H,5-9,11-12H2,1-4H3. The number of hydrogen-bond acceptors (Lipinski definition) is 4. The molecular weight excluding hydrogens is 224 g/mol. The number of hydrogen-bond donors (Lipinski definition) is 1. The van der Waals surface area contributed by atoms with E-state index in [4.69, 9.17) is 5.26 Å². The smallest absolute Gasteiger partial charge is 0.108 e. The highest BCUT2D eigenvalue weighted by Crippen LogP contribution is 2.36. The molecule has 1 unspecified atom stereocenters. The third-order valence-electron chi connectivity index (χ3n) is 4.09. The zero-order valence-corrected chi connectivity index (χ0v) is 12.4. The highest BCUT2D eigenvalue weighted by Gasteiger charge is 2.39. The maximum Gasteiger partial charge on any atom is 0.108 e. The Morgan fingerprint density at radius 3 is 2.39 bits per heavy atom. The van der Waals surface area contributed by atoms with Crippen molar-refractivity contribution in [2.45, 2.75) is 44.2 Å². The van der Waals surface area contributed by atoms with E-state index in [0.29, 0.717) is 5.54 Å². The van der Waals surface area contributed by atoms with E-state index in [1.54, 1.807) is 0 Å². The molecule has 18 heavy (non-hydrogen) atoms. The van der Waals surface area contributed by atoms with Gasteiger partial charge in [-0.15, -0.1) is 0 Å². The number of nitrogens with one attached hydrogen (secondary N) is 1. The van der Waals surface area contributed by atoms with Gasteiger partial charge in [-0.2, -0.15) is 5.26 Å². The first-order chi connectivity index (χ1) is 8.54. The zero-order chi connectivity index (χ0) is 13.6. The van der Waals surface area contributed by atoms with Crippen LogP contribution in [0.1, 0.15) is 32.6 Å². The summed E-state index contributed by atoms with van der Waals surface area (Å²) in [7, 11) is 6.47. The highest BCUT2D eigenvalue weighted by molar-refractivity contribution is 4.99. The predicted molar refractivity (Wildman–Crippen MR) is 75.5 cm³/mol. The number of nitrogens with zero attached hydrogens (tertiary/aromatic N) is 3. The van der Waals surface area contributed by atoms with Crippen LogP contribution in [0.3, 0.4) is 0 Å². The lowest BCUT2D eigenvalue weighted by molar-refractivity contribution is 0.0269. The quantitative estimate of drug-likeness (QED) is 0.707. The van der Waals surface area contributed by atoms with E-state index in [1.807, 2.05) is 0 Å². The molecule has 0 aromatic carbocycles. The topological polar surface area (TPSA) is 42.3 Å². The Hall–Kier alpha value is -0.630. The SMILES string of the molecule is CCCNC(C#N)CN(C)CC1(N(C)C)CCC1. The molecule has 1 rings (SSSR count). The van der Waals surface area contributed by atoms with E-state index in [1.165, 1.54) is 19.3 Å². The third kappa shape index (κ3) is 3.94. The molecule has 0 bridgehead atoms. The van der Waals surface area contributed by atoms with Crippen LogP contribution in [-0.2, 0) is 0 Å². The predicted octanol–water partition coefficient (Wildman–Crippen LogP) is 1.29. The summed E-state index contributed by atoms with van der Waals surface area (Å²) in [6, 6.07) is 2.31. The molecular formula is C14H28N4. The molecule has 1 fully saturated rings. The molecule has 1 aliphatic rings. The molecule has 0 aromatic heterocycles. The fourth-order valence-corrected chi connectivity index (χ4v) is 2.68. The molecule has 0 amide bonds. The van der Waals surface area contributed by atoms with Crippen LogP contribution in [0.5, 0.6) is 0 Å². The van der Waals surface area contributed by atoms with Gasteiger partial charge >= 0.3 is 0 Å². The lowest BCUT2D eigenvalue weighted by atomic mass is 9.75. The molecule has 0 heterocycles. The van der Waals surface area contributed by atoms with E-state index in [0.717, 1.165) is 26.1 Å². The van der Waals surface area contributed by atoms with Gasteiger partial charge in [0.2, 0.25) is 0 Å². The van der Waals surface area contributed by atoms with E-state index < -0.39 is 0 Å². The van der Waals surface area contributed by atoms with Crippen molar-refractivity contribution in [1.82, 2.24) is 15.1 Å². The molecule has 104 valence electrons. The highest BCUT2D eigenvalue weighted by atomic mass is 15.2. The lowest BCUT2D eigenvalue weighted by Gasteiger charge is -2.49. The summed E-state index contributed by atoms with van der Waals surface area (Å²) >= 11 is 0. The molecule has 1 saturated carbocycles. The minimum absolute atomic E-state index is 0.0470. The van der Waals surface area contributed by atoms with Gasteiger partial charge < -0.3 is 15.1 Å². The first kappa shape index (κ1) is 15.4. The Morgan fingerprint density at radius 1 is 1.33 bits per heavy atom. The van der Waals surface area contributed by atoms with Gasteiger partial charge in [0.05, 0.1) is 6.07 Å². The van der Waals surface area contributed by atoms with Crippen LogP contribution in [-0.4, -0.2) is 62.2 Å². The molecule has 0 aliphatic heterocycles. The van der Waals surface area contributed by atoms with E-state index in [9.17, 15) is 0 Å². The van der Waals surface area contributed by atoms with E-state index in [2.05, 4.69) is 49.3 Å². The van der Waals surface area contributed by atoms with Crippen LogP contribution >= 0.6 is 0 Å². The molecule has 0 spiro atoms. The first-order valence-corrected chi connectivity index (χ1v) is 7.03. The van der Waals surface area contributed by atoms with Crippen LogP contribution < -0.4 is 5.32 Å². The summed E-state index contributed by atoms with van der Waals surface area (Å²) in [5, 5.41) is 12.4. The second kappa shape index (κ2) is 7.08. The Labute approximate surface area is 112 Å². The van der Waals surface area contributed by atoms with Crippen LogP contribution in [0.25, 0.3) is 0 Å². The monoisotopic (exact) mass is 252 g/mol. The van der Waals surface area contributed by atoms with Gasteiger partial charge in [0.25, 0.3) is 0 Å². The van der Waals surface area contributed by atoms with Crippen molar-refractivity contribution < 1.29 is 0 Å². The van der Waals surface area contributed by atoms with Crippen molar-refractivity contribution >= 4 is 0 Å². The Kier molecular flexibility index (Phi) is 6.07. The summed E-state index contributed by atoms with van der Waals surface area (Å²) in [5.41, 5.74) is 0.347. The fraction of sp³-hybridized carbons (Fsp3) is 0.929. The van der Waals surface area contributed by atoms with Gasteiger partial charge in [-0.05, 0) is 53.4 Å². The van der Waals surface area contributed by atoms with Gasteiger partial charge in [0.1, 0.15) is 6.04 Å². The third-order valence-corrected chi connectivity index (χ3v) is 4.09. The summed E-state index contributed by atoms with van der Waals surface area (Å²) in [6.45, 7) is 4.92. The Morgan fingerprint density at radius 2 is 2.00 bits per heavy atom. The van der Waals surface area contributed by atoms with Gasteiger partial charge in [0, 0.05) is 18.6 Å². The Bertz CT molecular complexity index is 278. The molecule has 1 atom stereocenters. The van der Waals surface area contributed by atoms with Crippen LogP contribution in [0.2, 0.25) is 0 Å². The van der Waals surface area contributed by atoms with Crippen molar-refractivity contribution in [2.75, 3.05) is 40.8 Å². The minimum Gasteiger partial charge on any atom is -0.302 e. The largest absolute Gasteiger partial charge is 0.302 e. The van der Waals surface area contributed by atoms with Crippen molar-refractivity contribution in [2.24, 2.45) is 0 Å². The van der Waals surface area contributed by atoms with Crippen molar-refractivity contribution in [3.8, 4) is 6.07 Å². The second-order valence-corrected chi connectivity index (χ2v) is 5.80. The van der Waals surface area contributed by atoms with Crippen LogP contribution in [0.15, 0.2) is 0 Å². The fourth-order valence-electron chi connectivity index (χ4n) is 2.68. The Balaban J connectivity index is 2.40. The van der Waals surface area contributed by atoms with E-state index >= 15 is 0 Å². The van der Waals surface area contributed by atoms with Crippen molar-refractivity contribution in [3.05, 3.63) is 0 Å². The summed E-state index contributed by atoms with van der Waals surface area (Å²) in [5.74, 6) is 0.